The smallest absolute Gasteiger partial charge is 0.136 e. The van der Waals surface area contributed by atoms with Gasteiger partial charge in [0.1, 0.15) is 5.78 Å². The van der Waals surface area contributed by atoms with Gasteiger partial charge in [0.2, 0.25) is 0 Å². The van der Waals surface area contributed by atoms with Crippen molar-refractivity contribution in [3.05, 3.63) is 12.2 Å². The normalized spacial score (nSPS) is 30.9. The molecule has 1 aliphatic carbocycles. The Morgan fingerprint density at radius 3 is 3.20 bits per heavy atom. The molecule has 0 saturated heterocycles. The first-order chi connectivity index (χ1) is 4.79. The van der Waals surface area contributed by atoms with Gasteiger partial charge in [0.25, 0.3) is 0 Å². The van der Waals surface area contributed by atoms with Crippen LogP contribution in [0, 0.1) is 5.92 Å². The number of rotatable bonds is 0. The molecule has 1 rings (SSSR count). The standard InChI is InChI=1S/C9H14O/c1-8-4-2-6-9(10)7-3-5-8/h2,4,8H,3,5-7H2,1H3/b4-2-. The van der Waals surface area contributed by atoms with Crippen LogP contribution < -0.4 is 0 Å². The molecule has 1 nitrogen and oxygen atoms in total. The number of ketones is 1. The van der Waals surface area contributed by atoms with Crippen molar-refractivity contribution >= 4 is 5.78 Å². The lowest BCUT2D eigenvalue weighted by atomic mass is 9.98. The second-order valence-electron chi connectivity index (χ2n) is 3.04. The number of hydrogen-bond acceptors (Lipinski definition) is 1. The predicted molar refractivity (Wildman–Crippen MR) is 41.8 cm³/mol. The van der Waals surface area contributed by atoms with E-state index in [0.29, 0.717) is 18.1 Å². The monoisotopic (exact) mass is 138 g/mol. The fourth-order valence-electron chi connectivity index (χ4n) is 1.25. The molecular formula is C9H14O. The summed E-state index contributed by atoms with van der Waals surface area (Å²) in [4.78, 5) is 10.9. The van der Waals surface area contributed by atoms with Crippen LogP contribution in [-0.4, -0.2) is 5.78 Å². The third kappa shape index (κ3) is 2.34. The Hall–Kier alpha value is -0.590. The zero-order chi connectivity index (χ0) is 7.40. The van der Waals surface area contributed by atoms with E-state index in [9.17, 15) is 4.79 Å². The summed E-state index contributed by atoms with van der Waals surface area (Å²) in [6, 6.07) is 0. The fourth-order valence-corrected chi connectivity index (χ4v) is 1.25. The van der Waals surface area contributed by atoms with Gasteiger partial charge in [-0.2, -0.15) is 0 Å². The molecular weight excluding hydrogens is 124 g/mol. The highest BCUT2D eigenvalue weighted by Gasteiger charge is 2.05. The molecule has 0 fully saturated rings. The van der Waals surface area contributed by atoms with Crippen molar-refractivity contribution in [1.29, 1.82) is 0 Å². The van der Waals surface area contributed by atoms with Crippen molar-refractivity contribution in [2.45, 2.75) is 32.6 Å². The molecule has 0 saturated carbocycles. The number of carbonyl (C=O) groups excluding carboxylic acids is 1. The van der Waals surface area contributed by atoms with E-state index in [2.05, 4.69) is 13.0 Å². The SMILES string of the molecule is CC1/C=C\CC(=O)CCC1. The highest BCUT2D eigenvalue weighted by molar-refractivity contribution is 5.79. The fraction of sp³-hybridized carbons (Fsp3) is 0.667. The van der Waals surface area contributed by atoms with Gasteiger partial charge in [-0.1, -0.05) is 19.1 Å². The van der Waals surface area contributed by atoms with Gasteiger partial charge in [0, 0.05) is 12.8 Å². The highest BCUT2D eigenvalue weighted by atomic mass is 16.1. The third-order valence-electron chi connectivity index (χ3n) is 1.93. The topological polar surface area (TPSA) is 17.1 Å². The second kappa shape index (κ2) is 3.55. The van der Waals surface area contributed by atoms with Crippen LogP contribution in [0.15, 0.2) is 12.2 Å². The first-order valence-corrected chi connectivity index (χ1v) is 3.97. The average molecular weight is 138 g/mol. The summed E-state index contributed by atoms with van der Waals surface area (Å²) < 4.78 is 0. The summed E-state index contributed by atoms with van der Waals surface area (Å²) in [6.07, 6.45) is 7.84. The van der Waals surface area contributed by atoms with Crippen LogP contribution >= 0.6 is 0 Å². The molecule has 0 N–H and O–H groups in total. The van der Waals surface area contributed by atoms with Crippen molar-refractivity contribution in [2.75, 3.05) is 0 Å². The van der Waals surface area contributed by atoms with E-state index in [4.69, 9.17) is 0 Å². The number of carbonyl (C=O) groups is 1. The van der Waals surface area contributed by atoms with E-state index in [-0.39, 0.29) is 0 Å². The molecule has 0 aromatic rings. The van der Waals surface area contributed by atoms with Gasteiger partial charge in [0.05, 0.1) is 0 Å². The van der Waals surface area contributed by atoms with Crippen LogP contribution in [0.25, 0.3) is 0 Å². The molecule has 1 atom stereocenters. The number of allylic oxidation sites excluding steroid dienone is 2. The minimum atomic E-state index is 0.392. The minimum Gasteiger partial charge on any atom is -0.299 e. The van der Waals surface area contributed by atoms with E-state index in [1.54, 1.807) is 0 Å². The Bertz CT molecular complexity index is 147. The van der Waals surface area contributed by atoms with Gasteiger partial charge in [-0.05, 0) is 18.8 Å². The molecule has 0 amide bonds. The molecule has 10 heavy (non-hydrogen) atoms. The van der Waals surface area contributed by atoms with Crippen molar-refractivity contribution in [2.24, 2.45) is 5.92 Å². The van der Waals surface area contributed by atoms with Crippen molar-refractivity contribution < 1.29 is 4.79 Å². The number of Topliss-reactive ketones (excluding diaryl/α,β-unsaturated/α-hetero) is 1. The molecule has 0 aromatic heterocycles. The quantitative estimate of drug-likeness (QED) is 0.469. The van der Waals surface area contributed by atoms with Crippen molar-refractivity contribution in [3.8, 4) is 0 Å². The highest BCUT2D eigenvalue weighted by Crippen LogP contribution is 2.13. The molecule has 0 aliphatic heterocycles. The molecule has 0 spiro atoms. The van der Waals surface area contributed by atoms with Gasteiger partial charge < -0.3 is 0 Å². The molecule has 0 aromatic carbocycles. The van der Waals surface area contributed by atoms with E-state index < -0.39 is 0 Å². The van der Waals surface area contributed by atoms with Crippen LogP contribution in [0.1, 0.15) is 32.6 Å². The molecule has 0 radical (unpaired) electrons. The second-order valence-corrected chi connectivity index (χ2v) is 3.04. The van der Waals surface area contributed by atoms with Crippen molar-refractivity contribution in [3.63, 3.8) is 0 Å². The lowest BCUT2D eigenvalue weighted by Gasteiger charge is -2.07. The summed E-state index contributed by atoms with van der Waals surface area (Å²) in [5, 5.41) is 0. The third-order valence-corrected chi connectivity index (χ3v) is 1.93. The maximum absolute atomic E-state index is 10.9. The molecule has 1 unspecified atom stereocenters. The largest absolute Gasteiger partial charge is 0.299 e. The van der Waals surface area contributed by atoms with Crippen LogP contribution in [0.4, 0.5) is 0 Å². The van der Waals surface area contributed by atoms with Gasteiger partial charge in [-0.25, -0.2) is 0 Å². The summed E-state index contributed by atoms with van der Waals surface area (Å²) in [7, 11) is 0. The van der Waals surface area contributed by atoms with Crippen LogP contribution in [0.3, 0.4) is 0 Å². The van der Waals surface area contributed by atoms with Gasteiger partial charge in [-0.3, -0.25) is 4.79 Å². The van der Waals surface area contributed by atoms with E-state index in [0.717, 1.165) is 12.8 Å². The van der Waals surface area contributed by atoms with Crippen LogP contribution in [0.5, 0.6) is 0 Å². The number of hydrogen-bond donors (Lipinski definition) is 0. The Morgan fingerprint density at radius 2 is 2.40 bits per heavy atom. The Balaban J connectivity index is 2.45. The first-order valence-electron chi connectivity index (χ1n) is 3.97. The summed E-state index contributed by atoms with van der Waals surface area (Å²) >= 11 is 0. The molecule has 1 heteroatoms. The lowest BCUT2D eigenvalue weighted by Crippen LogP contribution is -2.01. The van der Waals surface area contributed by atoms with Crippen LogP contribution in [0.2, 0.25) is 0 Å². The van der Waals surface area contributed by atoms with E-state index >= 15 is 0 Å². The van der Waals surface area contributed by atoms with E-state index in [1.165, 1.54) is 6.42 Å². The average Bonchev–Trinajstić information content (AvgIpc) is 1.84. The van der Waals surface area contributed by atoms with Gasteiger partial charge in [-0.15, -0.1) is 0 Å². The Morgan fingerprint density at radius 1 is 1.60 bits per heavy atom. The maximum Gasteiger partial charge on any atom is 0.136 e. The summed E-state index contributed by atoms with van der Waals surface area (Å²) in [5.74, 6) is 1.07. The molecule has 56 valence electrons. The summed E-state index contributed by atoms with van der Waals surface area (Å²) in [6.45, 7) is 2.20. The minimum absolute atomic E-state index is 0.392. The first kappa shape index (κ1) is 7.52. The summed E-state index contributed by atoms with van der Waals surface area (Å²) in [5.41, 5.74) is 0. The van der Waals surface area contributed by atoms with Gasteiger partial charge in [0.15, 0.2) is 0 Å². The zero-order valence-corrected chi connectivity index (χ0v) is 6.47. The van der Waals surface area contributed by atoms with Crippen LogP contribution in [-0.2, 0) is 4.79 Å². The Kier molecular flexibility index (Phi) is 2.67. The molecule has 1 aliphatic rings. The Labute approximate surface area is 62.1 Å². The lowest BCUT2D eigenvalue weighted by molar-refractivity contribution is -0.118. The molecule has 0 heterocycles. The predicted octanol–water partition coefficient (Wildman–Crippen LogP) is 2.32. The van der Waals surface area contributed by atoms with Gasteiger partial charge >= 0.3 is 0 Å². The zero-order valence-electron chi connectivity index (χ0n) is 6.47. The van der Waals surface area contributed by atoms with Crippen molar-refractivity contribution in [1.82, 2.24) is 0 Å². The maximum atomic E-state index is 10.9. The van der Waals surface area contributed by atoms with E-state index in [1.807, 2.05) is 6.08 Å². The molecule has 0 bridgehead atoms.